The number of hydrogen-bond acceptors (Lipinski definition) is 8. The van der Waals surface area contributed by atoms with Gasteiger partial charge in [-0.2, -0.15) is 30.7 Å². The summed E-state index contributed by atoms with van der Waals surface area (Å²) in [5.41, 5.74) is 2.55. The Morgan fingerprint density at radius 3 is 2.24 bits per heavy atom. The first-order valence-electron chi connectivity index (χ1n) is 16.2. The number of benzene rings is 2. The SMILES string of the molecule is CC(C)(C)C[C@]1(c2ccc(-c3cn(C(F)F)cn3)cc2)N=C(N)N([C@H](COC(=O)NC(C)(C)C(F)(F)F)c2ccc(Cl)c(-c3nncn3C(F)F)c2)C1=O. The number of rotatable bonds is 11. The number of carbonyl (C=O) groups excluding carboxylic acids is 2. The minimum absolute atomic E-state index is 0.0482. The van der Waals surface area contributed by atoms with Crippen LogP contribution in [0, 0.1) is 5.41 Å². The summed E-state index contributed by atoms with van der Waals surface area (Å²) in [5, 5.41) is 8.99. The third-order valence-corrected chi connectivity index (χ3v) is 8.93. The highest BCUT2D eigenvalue weighted by molar-refractivity contribution is 6.33. The molecule has 3 N–H and O–H groups in total. The summed E-state index contributed by atoms with van der Waals surface area (Å²) in [7, 11) is 0. The minimum Gasteiger partial charge on any atom is -0.447 e. The number of guanidine groups is 1. The van der Waals surface area contributed by atoms with Gasteiger partial charge in [0.2, 0.25) is 0 Å². The summed E-state index contributed by atoms with van der Waals surface area (Å²) in [5.74, 6) is -1.43. The number of alkyl halides is 7. The number of hydrogen-bond donors (Lipinski definition) is 2. The molecule has 0 saturated heterocycles. The average molecular weight is 786 g/mol. The Balaban J connectivity index is 1.59. The summed E-state index contributed by atoms with van der Waals surface area (Å²) in [6.45, 7) is 0.324. The first kappa shape index (κ1) is 40.0. The second-order valence-corrected chi connectivity index (χ2v) is 14.7. The molecule has 2 amide bonds. The highest BCUT2D eigenvalue weighted by Gasteiger charge is 2.53. The molecular formula is C34H35ClF7N9O3. The van der Waals surface area contributed by atoms with Crippen LogP contribution in [0.5, 0.6) is 0 Å². The normalized spacial score (nSPS) is 17.4. The van der Waals surface area contributed by atoms with Crippen LogP contribution in [0.15, 0.2) is 66.3 Å². The molecule has 5 rings (SSSR count). The number of alkyl carbamates (subject to hydrolysis) is 1. The van der Waals surface area contributed by atoms with Crippen molar-refractivity contribution in [1.82, 2.24) is 34.5 Å². The third-order valence-electron chi connectivity index (χ3n) is 8.60. The molecule has 0 saturated carbocycles. The van der Waals surface area contributed by atoms with Gasteiger partial charge in [0.05, 0.1) is 23.1 Å². The van der Waals surface area contributed by atoms with E-state index < -0.39 is 60.4 Å². The van der Waals surface area contributed by atoms with Crippen molar-refractivity contribution in [1.29, 1.82) is 0 Å². The lowest BCUT2D eigenvalue weighted by Crippen LogP contribution is -2.54. The second kappa shape index (κ2) is 14.6. The smallest absolute Gasteiger partial charge is 0.411 e. The molecular weight excluding hydrogens is 751 g/mol. The zero-order valence-corrected chi connectivity index (χ0v) is 30.1. The van der Waals surface area contributed by atoms with Gasteiger partial charge in [0.1, 0.15) is 18.5 Å². The van der Waals surface area contributed by atoms with Crippen molar-refractivity contribution in [3.63, 3.8) is 0 Å². The lowest BCUT2D eigenvalue weighted by Gasteiger charge is -2.35. The predicted octanol–water partition coefficient (Wildman–Crippen LogP) is 7.85. The van der Waals surface area contributed by atoms with Gasteiger partial charge < -0.3 is 15.8 Å². The zero-order chi connectivity index (χ0) is 40.0. The van der Waals surface area contributed by atoms with E-state index in [0.717, 1.165) is 37.6 Å². The highest BCUT2D eigenvalue weighted by atomic mass is 35.5. The Labute approximate surface area is 309 Å². The molecule has 1 aliphatic rings. The van der Waals surface area contributed by atoms with Gasteiger partial charge in [-0.15, -0.1) is 10.2 Å². The number of ether oxygens (including phenoxy) is 1. The van der Waals surface area contributed by atoms with Crippen LogP contribution in [0.3, 0.4) is 0 Å². The van der Waals surface area contributed by atoms with Gasteiger partial charge in [-0.1, -0.05) is 62.7 Å². The quantitative estimate of drug-likeness (QED) is 0.147. The lowest BCUT2D eigenvalue weighted by atomic mass is 9.75. The Hall–Kier alpha value is -5.20. The molecule has 1 aliphatic heterocycles. The molecule has 20 heteroatoms. The maximum atomic E-state index is 14.9. The Kier molecular flexibility index (Phi) is 10.8. The molecule has 0 unspecified atom stereocenters. The van der Waals surface area contributed by atoms with E-state index in [9.17, 15) is 40.3 Å². The molecule has 4 aromatic rings. The summed E-state index contributed by atoms with van der Waals surface area (Å²) < 4.78 is 101. The number of imidazole rings is 1. The van der Waals surface area contributed by atoms with Gasteiger partial charge in [-0.25, -0.2) is 14.8 Å². The van der Waals surface area contributed by atoms with Crippen molar-refractivity contribution in [3.05, 3.63) is 77.5 Å². The number of nitrogens with one attached hydrogen (secondary N) is 1. The number of aliphatic imine (C=N–C) groups is 1. The van der Waals surface area contributed by atoms with Crippen molar-refractivity contribution in [2.24, 2.45) is 16.1 Å². The van der Waals surface area contributed by atoms with Crippen LogP contribution in [0.4, 0.5) is 35.5 Å². The molecule has 2 aromatic carbocycles. The van der Waals surface area contributed by atoms with Gasteiger partial charge in [0.25, 0.3) is 5.91 Å². The number of amides is 2. The van der Waals surface area contributed by atoms with Crippen LogP contribution in [0.2, 0.25) is 5.02 Å². The zero-order valence-electron chi connectivity index (χ0n) is 29.4. The largest absolute Gasteiger partial charge is 0.447 e. The van der Waals surface area contributed by atoms with Gasteiger partial charge in [0.15, 0.2) is 17.3 Å². The molecule has 0 spiro atoms. The van der Waals surface area contributed by atoms with Gasteiger partial charge in [-0.3, -0.25) is 18.8 Å². The summed E-state index contributed by atoms with van der Waals surface area (Å²) in [6.07, 6.45) is -3.37. The van der Waals surface area contributed by atoms with Gasteiger partial charge >= 0.3 is 25.4 Å². The molecule has 3 heterocycles. The number of halogens is 8. The van der Waals surface area contributed by atoms with E-state index in [1.54, 1.807) is 29.6 Å². The average Bonchev–Trinajstić information content (AvgIpc) is 3.81. The van der Waals surface area contributed by atoms with Gasteiger partial charge in [-0.05, 0) is 48.9 Å². The maximum absolute atomic E-state index is 14.9. The minimum atomic E-state index is -4.86. The van der Waals surface area contributed by atoms with Crippen molar-refractivity contribution in [2.75, 3.05) is 6.61 Å². The number of carbonyl (C=O) groups is 2. The van der Waals surface area contributed by atoms with E-state index in [2.05, 4.69) is 20.2 Å². The Morgan fingerprint density at radius 1 is 1.00 bits per heavy atom. The fourth-order valence-electron chi connectivity index (χ4n) is 5.92. The Morgan fingerprint density at radius 2 is 1.67 bits per heavy atom. The topological polar surface area (TPSA) is 146 Å². The van der Waals surface area contributed by atoms with Crippen molar-refractivity contribution >= 4 is 29.6 Å². The molecule has 2 atom stereocenters. The van der Waals surface area contributed by atoms with E-state index >= 15 is 0 Å². The third kappa shape index (κ3) is 8.00. The van der Waals surface area contributed by atoms with Crippen molar-refractivity contribution in [3.8, 4) is 22.6 Å². The van der Waals surface area contributed by atoms with Crippen LogP contribution in [0.25, 0.3) is 22.6 Å². The van der Waals surface area contributed by atoms with E-state index in [1.807, 2.05) is 20.8 Å². The van der Waals surface area contributed by atoms with Crippen LogP contribution in [-0.2, 0) is 15.1 Å². The fraction of sp³-hybridized carbons (Fsp3) is 0.412. The molecule has 0 aliphatic carbocycles. The number of nitrogens with two attached hydrogens (primary N) is 1. The molecule has 2 aromatic heterocycles. The van der Waals surface area contributed by atoms with Crippen LogP contribution in [-0.4, -0.2) is 65.5 Å². The number of nitrogens with zero attached hydrogens (tertiary/aromatic N) is 7. The molecule has 0 radical (unpaired) electrons. The maximum Gasteiger partial charge on any atom is 0.411 e. The summed E-state index contributed by atoms with van der Waals surface area (Å²) >= 11 is 6.40. The van der Waals surface area contributed by atoms with E-state index in [1.165, 1.54) is 18.2 Å². The molecule has 290 valence electrons. The van der Waals surface area contributed by atoms with Crippen LogP contribution < -0.4 is 11.1 Å². The first-order valence-corrected chi connectivity index (χ1v) is 16.5. The van der Waals surface area contributed by atoms with Crippen molar-refractivity contribution in [2.45, 2.75) is 77.4 Å². The lowest BCUT2D eigenvalue weighted by molar-refractivity contribution is -0.183. The monoisotopic (exact) mass is 785 g/mol. The van der Waals surface area contributed by atoms with E-state index in [-0.39, 0.29) is 40.0 Å². The highest BCUT2D eigenvalue weighted by Crippen LogP contribution is 2.45. The second-order valence-electron chi connectivity index (χ2n) is 14.2. The van der Waals surface area contributed by atoms with Crippen molar-refractivity contribution < 1.29 is 45.1 Å². The number of aromatic nitrogens is 5. The summed E-state index contributed by atoms with van der Waals surface area (Å²) in [6, 6.07) is 8.84. The first-order chi connectivity index (χ1) is 25.0. The summed E-state index contributed by atoms with van der Waals surface area (Å²) in [4.78, 5) is 37.3. The van der Waals surface area contributed by atoms with Gasteiger partial charge in [0, 0.05) is 17.3 Å². The Bertz CT molecular complexity index is 2040. The van der Waals surface area contributed by atoms with E-state index in [4.69, 9.17) is 22.1 Å². The van der Waals surface area contributed by atoms with Crippen LogP contribution >= 0.6 is 11.6 Å². The standard InChI is InChI=1S/C34H35ClF7N9O3/c1-31(2,3)15-33(20-9-6-18(7-10-20)23-13-49(16-44-23)27(36)37)26(52)51(29(43)46-33)24(14-54-30(53)47-32(4,5)34(40,41)42)19-8-11-22(35)21(12-19)25-48-45-17-50(25)28(38)39/h6-13,16-17,24,27-28H,14-15H2,1-5H3,(H2,43,46)(H,47,53)/t24-,33-/m1/s1. The van der Waals surface area contributed by atoms with Crippen LogP contribution in [0.1, 0.15) is 71.3 Å². The molecule has 12 nitrogen and oxygen atoms in total. The molecule has 0 bridgehead atoms. The fourth-order valence-corrected chi connectivity index (χ4v) is 6.12. The van der Waals surface area contributed by atoms with E-state index in [0.29, 0.717) is 20.3 Å². The molecule has 0 fully saturated rings. The molecule has 54 heavy (non-hydrogen) atoms. The predicted molar refractivity (Wildman–Crippen MR) is 182 cm³/mol.